The van der Waals surface area contributed by atoms with Gasteiger partial charge in [0.2, 0.25) is 0 Å². The molecule has 2 aromatic rings. The summed E-state index contributed by atoms with van der Waals surface area (Å²) in [6.45, 7) is 6.22. The summed E-state index contributed by atoms with van der Waals surface area (Å²) in [4.78, 5) is 18.5. The van der Waals surface area contributed by atoms with E-state index >= 15 is 0 Å². The number of nitrogens with one attached hydrogen (secondary N) is 1. The zero-order valence-corrected chi connectivity index (χ0v) is 14.6. The number of amides is 1. The summed E-state index contributed by atoms with van der Waals surface area (Å²) in [6.07, 6.45) is 2.53. The first-order valence-corrected chi connectivity index (χ1v) is 8.23. The summed E-state index contributed by atoms with van der Waals surface area (Å²) in [5.74, 6) is -0.156. The molecule has 1 aromatic heterocycles. The van der Waals surface area contributed by atoms with E-state index in [-0.39, 0.29) is 5.91 Å². The lowest BCUT2D eigenvalue weighted by atomic mass is 10.2. The van der Waals surface area contributed by atoms with Gasteiger partial charge in [-0.25, -0.2) is 4.98 Å². The summed E-state index contributed by atoms with van der Waals surface area (Å²) >= 11 is 0. The number of pyridine rings is 1. The number of aryl methyl sites for hydroxylation is 1. The van der Waals surface area contributed by atoms with Crippen LogP contribution in [0.15, 0.2) is 42.6 Å². The molecule has 0 atom stereocenters. The number of rotatable bonds is 8. The molecule has 1 aromatic carbocycles. The van der Waals surface area contributed by atoms with Crippen LogP contribution < -0.4 is 10.2 Å². The maximum absolute atomic E-state index is 12.0. The Morgan fingerprint density at radius 2 is 2.08 bits per heavy atom. The highest BCUT2D eigenvalue weighted by Gasteiger charge is 2.10. The van der Waals surface area contributed by atoms with Crippen LogP contribution in [0.4, 0.5) is 11.4 Å². The highest BCUT2D eigenvalue weighted by atomic mass is 16.5. The average molecular weight is 327 g/mol. The molecule has 128 valence electrons. The highest BCUT2D eigenvalue weighted by molar-refractivity contribution is 5.92. The maximum atomic E-state index is 12.0. The van der Waals surface area contributed by atoms with Gasteiger partial charge in [0.25, 0.3) is 5.91 Å². The van der Waals surface area contributed by atoms with Gasteiger partial charge in [-0.3, -0.25) is 4.79 Å². The van der Waals surface area contributed by atoms with Gasteiger partial charge >= 0.3 is 0 Å². The van der Waals surface area contributed by atoms with Crippen molar-refractivity contribution in [1.82, 2.24) is 10.3 Å². The molecule has 5 nitrogen and oxygen atoms in total. The molecule has 0 aliphatic carbocycles. The first-order chi connectivity index (χ1) is 11.7. The number of methoxy groups -OCH3 is 1. The lowest BCUT2D eigenvalue weighted by molar-refractivity contribution is 0.0943. The average Bonchev–Trinajstić information content (AvgIpc) is 2.60. The smallest absolute Gasteiger partial charge is 0.269 e. The van der Waals surface area contributed by atoms with Crippen molar-refractivity contribution >= 4 is 17.3 Å². The molecule has 5 heteroatoms. The lowest BCUT2D eigenvalue weighted by Crippen LogP contribution is -2.26. The Labute approximate surface area is 143 Å². The van der Waals surface area contributed by atoms with Crippen LogP contribution >= 0.6 is 0 Å². The molecule has 1 N–H and O–H groups in total. The molecule has 0 aliphatic rings. The van der Waals surface area contributed by atoms with Crippen molar-refractivity contribution in [3.63, 3.8) is 0 Å². The molecular weight excluding hydrogens is 302 g/mol. The number of hydrogen-bond donors (Lipinski definition) is 1. The van der Waals surface area contributed by atoms with Crippen LogP contribution in [0.1, 0.15) is 29.4 Å². The van der Waals surface area contributed by atoms with Crippen molar-refractivity contribution in [2.45, 2.75) is 20.3 Å². The molecule has 2 rings (SSSR count). The molecule has 0 aliphatic heterocycles. The minimum atomic E-state index is -0.156. The second kappa shape index (κ2) is 9.03. The van der Waals surface area contributed by atoms with Crippen LogP contribution in [0, 0.1) is 6.92 Å². The number of carbonyl (C=O) groups is 1. The van der Waals surface area contributed by atoms with Crippen LogP contribution in [-0.4, -0.2) is 37.7 Å². The first-order valence-electron chi connectivity index (χ1n) is 8.23. The third-order valence-electron chi connectivity index (χ3n) is 3.73. The van der Waals surface area contributed by atoms with Crippen LogP contribution in [-0.2, 0) is 4.74 Å². The van der Waals surface area contributed by atoms with E-state index in [4.69, 9.17) is 4.74 Å². The minimum absolute atomic E-state index is 0.156. The Morgan fingerprint density at radius 1 is 1.25 bits per heavy atom. The molecule has 0 fully saturated rings. The number of benzene rings is 1. The fourth-order valence-corrected chi connectivity index (χ4v) is 2.50. The van der Waals surface area contributed by atoms with Gasteiger partial charge in [-0.05, 0) is 50.1 Å². The number of hydrogen-bond acceptors (Lipinski definition) is 4. The van der Waals surface area contributed by atoms with Crippen LogP contribution in [0.5, 0.6) is 0 Å². The molecule has 0 unspecified atom stereocenters. The fraction of sp³-hybridized carbons (Fsp3) is 0.368. The van der Waals surface area contributed by atoms with Gasteiger partial charge in [0.1, 0.15) is 5.69 Å². The standard InChI is InChI=1S/C19H25N3O2/c1-4-22(16-8-5-7-15(2)13-16)17-9-10-18(21-14-17)19(23)20-11-6-12-24-3/h5,7-10,13-14H,4,6,11-12H2,1-3H3,(H,20,23). The normalized spacial score (nSPS) is 10.5. The summed E-state index contributed by atoms with van der Waals surface area (Å²) in [6, 6.07) is 12.0. The van der Waals surface area contributed by atoms with Crippen molar-refractivity contribution in [3.05, 3.63) is 53.9 Å². The van der Waals surface area contributed by atoms with Gasteiger partial charge < -0.3 is 15.0 Å². The Kier molecular flexibility index (Phi) is 6.75. The van der Waals surface area contributed by atoms with Crippen LogP contribution in [0.25, 0.3) is 0 Å². The lowest BCUT2D eigenvalue weighted by Gasteiger charge is -2.23. The van der Waals surface area contributed by atoms with E-state index in [1.807, 2.05) is 12.1 Å². The van der Waals surface area contributed by atoms with Gasteiger partial charge in [-0.2, -0.15) is 0 Å². The van der Waals surface area contributed by atoms with Gasteiger partial charge in [-0.1, -0.05) is 12.1 Å². The molecule has 0 spiro atoms. The maximum Gasteiger partial charge on any atom is 0.269 e. The predicted molar refractivity (Wildman–Crippen MR) is 96.9 cm³/mol. The highest BCUT2D eigenvalue weighted by Crippen LogP contribution is 2.25. The molecule has 0 radical (unpaired) electrons. The second-order valence-electron chi connectivity index (χ2n) is 5.59. The SMILES string of the molecule is CCN(c1ccc(C(=O)NCCCOC)nc1)c1cccc(C)c1. The van der Waals surface area contributed by atoms with Crippen molar-refractivity contribution in [2.75, 3.05) is 31.7 Å². The van der Waals surface area contributed by atoms with Crippen molar-refractivity contribution in [2.24, 2.45) is 0 Å². The van der Waals surface area contributed by atoms with Crippen LogP contribution in [0.2, 0.25) is 0 Å². The topological polar surface area (TPSA) is 54.5 Å². The Balaban J connectivity index is 2.06. The third-order valence-corrected chi connectivity index (χ3v) is 3.73. The minimum Gasteiger partial charge on any atom is -0.385 e. The Bertz CT molecular complexity index is 656. The van der Waals surface area contributed by atoms with Crippen molar-refractivity contribution < 1.29 is 9.53 Å². The van der Waals surface area contributed by atoms with Gasteiger partial charge in [0.15, 0.2) is 0 Å². The van der Waals surface area contributed by atoms with Gasteiger partial charge in [0.05, 0.1) is 11.9 Å². The van der Waals surface area contributed by atoms with Gasteiger partial charge in [0, 0.05) is 32.5 Å². The number of ether oxygens (including phenoxy) is 1. The number of carbonyl (C=O) groups excluding carboxylic acids is 1. The number of aromatic nitrogens is 1. The predicted octanol–water partition coefficient (Wildman–Crippen LogP) is 3.31. The molecule has 24 heavy (non-hydrogen) atoms. The molecule has 0 bridgehead atoms. The summed E-state index contributed by atoms with van der Waals surface area (Å²) in [7, 11) is 1.65. The summed E-state index contributed by atoms with van der Waals surface area (Å²) in [5.41, 5.74) is 3.73. The largest absolute Gasteiger partial charge is 0.385 e. The van der Waals surface area contributed by atoms with Gasteiger partial charge in [-0.15, -0.1) is 0 Å². The fourth-order valence-electron chi connectivity index (χ4n) is 2.50. The molecular formula is C19H25N3O2. The van der Waals surface area contributed by atoms with Crippen molar-refractivity contribution in [3.8, 4) is 0 Å². The Morgan fingerprint density at radius 3 is 2.71 bits per heavy atom. The van der Waals surface area contributed by atoms with E-state index in [0.29, 0.717) is 18.8 Å². The molecule has 1 heterocycles. The molecule has 0 saturated carbocycles. The zero-order chi connectivity index (χ0) is 17.4. The quantitative estimate of drug-likeness (QED) is 0.756. The van der Waals surface area contributed by atoms with Crippen LogP contribution in [0.3, 0.4) is 0 Å². The summed E-state index contributed by atoms with van der Waals surface area (Å²) < 4.78 is 4.96. The Hall–Kier alpha value is -2.40. The summed E-state index contributed by atoms with van der Waals surface area (Å²) in [5, 5.41) is 2.84. The second-order valence-corrected chi connectivity index (χ2v) is 5.59. The number of anilines is 2. The van der Waals surface area contributed by atoms with Crippen molar-refractivity contribution in [1.29, 1.82) is 0 Å². The van der Waals surface area contributed by atoms with E-state index < -0.39 is 0 Å². The van der Waals surface area contributed by atoms with E-state index in [2.05, 4.69) is 47.2 Å². The van der Waals surface area contributed by atoms with E-state index in [0.717, 1.165) is 24.3 Å². The molecule has 0 saturated heterocycles. The van der Waals surface area contributed by atoms with E-state index in [1.165, 1.54) is 5.56 Å². The number of nitrogens with zero attached hydrogens (tertiary/aromatic N) is 2. The molecule has 1 amide bonds. The van der Waals surface area contributed by atoms with E-state index in [9.17, 15) is 4.79 Å². The van der Waals surface area contributed by atoms with E-state index in [1.54, 1.807) is 19.4 Å². The third kappa shape index (κ3) is 4.80. The first kappa shape index (κ1) is 17.9. The monoisotopic (exact) mass is 327 g/mol. The zero-order valence-electron chi connectivity index (χ0n) is 14.6.